The fraction of sp³-hybridized carbons (Fsp3) is 0.318. The summed E-state index contributed by atoms with van der Waals surface area (Å²) in [6.45, 7) is 1.54. The first kappa shape index (κ1) is 18.4. The van der Waals surface area contributed by atoms with E-state index in [2.05, 4.69) is 28.3 Å². The summed E-state index contributed by atoms with van der Waals surface area (Å²) in [5, 5.41) is 4.45. The van der Waals surface area contributed by atoms with Crippen LogP contribution in [0.3, 0.4) is 0 Å². The SMILES string of the molecule is CN1CC[C@@H](CNC(=O)c2cc3ccccc3c(=O)n2C)[C@@H]1c1cccnc1. The molecule has 1 aliphatic rings. The van der Waals surface area contributed by atoms with Crippen molar-refractivity contribution in [3.8, 4) is 0 Å². The zero-order valence-corrected chi connectivity index (χ0v) is 16.1. The first-order valence-corrected chi connectivity index (χ1v) is 9.53. The lowest BCUT2D eigenvalue weighted by atomic mass is 9.94. The Morgan fingerprint density at radius 2 is 2.04 bits per heavy atom. The Kier molecular flexibility index (Phi) is 4.96. The number of amides is 1. The molecule has 3 aromatic rings. The summed E-state index contributed by atoms with van der Waals surface area (Å²) in [7, 11) is 3.75. The average molecular weight is 376 g/mol. The van der Waals surface area contributed by atoms with E-state index in [9.17, 15) is 9.59 Å². The fourth-order valence-electron chi connectivity index (χ4n) is 4.20. The van der Waals surface area contributed by atoms with Crippen LogP contribution in [0.15, 0.2) is 59.7 Å². The molecule has 1 N–H and O–H groups in total. The molecule has 1 aliphatic heterocycles. The second-order valence-corrected chi connectivity index (χ2v) is 7.45. The minimum absolute atomic E-state index is 0.155. The minimum Gasteiger partial charge on any atom is -0.350 e. The highest BCUT2D eigenvalue weighted by atomic mass is 16.2. The summed E-state index contributed by atoms with van der Waals surface area (Å²) < 4.78 is 1.43. The van der Waals surface area contributed by atoms with Crippen molar-refractivity contribution in [3.63, 3.8) is 0 Å². The average Bonchev–Trinajstić information content (AvgIpc) is 3.10. The first-order valence-electron chi connectivity index (χ1n) is 9.53. The van der Waals surface area contributed by atoms with Gasteiger partial charge in [-0.2, -0.15) is 0 Å². The van der Waals surface area contributed by atoms with Gasteiger partial charge in [-0.3, -0.25) is 19.5 Å². The van der Waals surface area contributed by atoms with E-state index in [0.717, 1.165) is 18.4 Å². The Hall–Kier alpha value is -2.99. The van der Waals surface area contributed by atoms with Crippen molar-refractivity contribution in [3.05, 3.63) is 76.5 Å². The molecule has 1 aromatic carbocycles. The number of pyridine rings is 2. The molecule has 0 saturated carbocycles. The number of carbonyl (C=O) groups excluding carboxylic acids is 1. The van der Waals surface area contributed by atoms with E-state index in [0.29, 0.717) is 23.5 Å². The number of aromatic nitrogens is 2. The third-order valence-electron chi connectivity index (χ3n) is 5.71. The van der Waals surface area contributed by atoms with E-state index in [-0.39, 0.29) is 17.5 Å². The molecular formula is C22H24N4O2. The predicted molar refractivity (Wildman–Crippen MR) is 109 cm³/mol. The van der Waals surface area contributed by atoms with Crippen molar-refractivity contribution in [1.29, 1.82) is 0 Å². The van der Waals surface area contributed by atoms with Gasteiger partial charge in [0.15, 0.2) is 0 Å². The van der Waals surface area contributed by atoms with Crippen molar-refractivity contribution in [1.82, 2.24) is 19.8 Å². The second kappa shape index (κ2) is 7.56. The molecule has 1 fully saturated rings. The van der Waals surface area contributed by atoms with E-state index in [1.807, 2.05) is 30.5 Å². The zero-order valence-electron chi connectivity index (χ0n) is 16.1. The Morgan fingerprint density at radius 3 is 2.82 bits per heavy atom. The zero-order chi connectivity index (χ0) is 19.7. The number of fused-ring (bicyclic) bond motifs is 1. The molecule has 0 unspecified atom stereocenters. The molecule has 4 rings (SSSR count). The summed E-state index contributed by atoms with van der Waals surface area (Å²) in [6, 6.07) is 13.4. The van der Waals surface area contributed by atoms with Gasteiger partial charge in [0.2, 0.25) is 0 Å². The summed E-state index contributed by atoms with van der Waals surface area (Å²) in [5.74, 6) is 0.0838. The largest absolute Gasteiger partial charge is 0.350 e. The van der Waals surface area contributed by atoms with E-state index in [4.69, 9.17) is 0 Å². The van der Waals surface area contributed by atoms with Gasteiger partial charge in [-0.15, -0.1) is 0 Å². The van der Waals surface area contributed by atoms with Gasteiger partial charge in [0, 0.05) is 37.4 Å². The number of nitrogens with one attached hydrogen (secondary N) is 1. The van der Waals surface area contributed by atoms with Crippen LogP contribution in [0.2, 0.25) is 0 Å². The molecule has 3 heterocycles. The van der Waals surface area contributed by atoms with Gasteiger partial charge in [-0.05, 0) is 55.1 Å². The van der Waals surface area contributed by atoms with Crippen LogP contribution < -0.4 is 10.9 Å². The molecule has 0 aliphatic carbocycles. The Balaban J connectivity index is 1.54. The predicted octanol–water partition coefficient (Wildman–Crippen LogP) is 2.36. The lowest BCUT2D eigenvalue weighted by molar-refractivity contribution is 0.0934. The molecule has 1 amide bonds. The lowest BCUT2D eigenvalue weighted by Crippen LogP contribution is -2.35. The standard InChI is InChI=1S/C22H24N4O2/c1-25-11-9-17(20(25)16-7-5-10-23-13-16)14-24-21(27)19-12-15-6-3-4-8-18(15)22(28)26(19)2/h3-8,10,12-13,17,20H,9,11,14H2,1-2H3,(H,24,27)/t17-,20-/m0/s1. The van der Waals surface area contributed by atoms with Crippen LogP contribution in [0.4, 0.5) is 0 Å². The molecule has 0 radical (unpaired) electrons. The third-order valence-corrected chi connectivity index (χ3v) is 5.71. The summed E-state index contributed by atoms with van der Waals surface area (Å²) >= 11 is 0. The quantitative estimate of drug-likeness (QED) is 0.759. The molecule has 1 saturated heterocycles. The number of hydrogen-bond donors (Lipinski definition) is 1. The maximum absolute atomic E-state index is 12.8. The Bertz CT molecular complexity index is 1060. The van der Waals surface area contributed by atoms with Crippen molar-refractivity contribution < 1.29 is 4.79 Å². The van der Waals surface area contributed by atoms with Gasteiger partial charge < -0.3 is 9.88 Å². The van der Waals surface area contributed by atoms with Crippen molar-refractivity contribution in [2.75, 3.05) is 20.1 Å². The molecule has 6 nitrogen and oxygen atoms in total. The van der Waals surface area contributed by atoms with E-state index < -0.39 is 0 Å². The van der Waals surface area contributed by atoms with Crippen LogP contribution in [0.1, 0.15) is 28.5 Å². The highest BCUT2D eigenvalue weighted by molar-refractivity contribution is 5.96. The normalized spacial score (nSPS) is 19.8. The maximum atomic E-state index is 12.8. The van der Waals surface area contributed by atoms with Crippen molar-refractivity contribution in [2.45, 2.75) is 12.5 Å². The molecular weight excluding hydrogens is 352 g/mol. The number of nitrogens with zero attached hydrogens (tertiary/aromatic N) is 3. The van der Waals surface area contributed by atoms with Crippen molar-refractivity contribution >= 4 is 16.7 Å². The van der Waals surface area contributed by atoms with E-state index in [1.54, 1.807) is 25.4 Å². The Morgan fingerprint density at radius 1 is 1.21 bits per heavy atom. The van der Waals surface area contributed by atoms with Crippen LogP contribution >= 0.6 is 0 Å². The van der Waals surface area contributed by atoms with Crippen LogP contribution in [-0.2, 0) is 7.05 Å². The van der Waals surface area contributed by atoms with Gasteiger partial charge in [0.25, 0.3) is 11.5 Å². The number of rotatable bonds is 4. The smallest absolute Gasteiger partial charge is 0.268 e. The van der Waals surface area contributed by atoms with Gasteiger partial charge in [0.05, 0.1) is 0 Å². The summed E-state index contributed by atoms with van der Waals surface area (Å²) in [6.07, 6.45) is 4.68. The first-order chi connectivity index (χ1) is 13.6. The number of hydrogen-bond acceptors (Lipinski definition) is 4. The molecule has 2 atom stereocenters. The molecule has 0 bridgehead atoms. The van der Waals surface area contributed by atoms with Crippen LogP contribution in [0.5, 0.6) is 0 Å². The number of benzene rings is 1. The highest BCUT2D eigenvalue weighted by Gasteiger charge is 2.33. The van der Waals surface area contributed by atoms with Gasteiger partial charge >= 0.3 is 0 Å². The van der Waals surface area contributed by atoms with Gasteiger partial charge in [-0.1, -0.05) is 24.3 Å². The summed E-state index contributed by atoms with van der Waals surface area (Å²) in [4.78, 5) is 32.0. The van der Waals surface area contributed by atoms with E-state index >= 15 is 0 Å². The van der Waals surface area contributed by atoms with Crippen LogP contribution in [-0.4, -0.2) is 40.5 Å². The lowest BCUT2D eigenvalue weighted by Gasteiger charge is -2.25. The van der Waals surface area contributed by atoms with Crippen LogP contribution in [0.25, 0.3) is 10.8 Å². The van der Waals surface area contributed by atoms with Gasteiger partial charge in [0.1, 0.15) is 5.69 Å². The number of likely N-dealkylation sites (tertiary alicyclic amines) is 1. The Labute approximate surface area is 163 Å². The topological polar surface area (TPSA) is 67.2 Å². The highest BCUT2D eigenvalue weighted by Crippen LogP contribution is 2.35. The number of carbonyl (C=O) groups is 1. The van der Waals surface area contributed by atoms with Gasteiger partial charge in [-0.25, -0.2) is 0 Å². The van der Waals surface area contributed by atoms with Crippen molar-refractivity contribution in [2.24, 2.45) is 13.0 Å². The molecule has 28 heavy (non-hydrogen) atoms. The molecule has 0 spiro atoms. The monoisotopic (exact) mass is 376 g/mol. The minimum atomic E-state index is -0.218. The maximum Gasteiger partial charge on any atom is 0.268 e. The molecule has 6 heteroatoms. The third kappa shape index (κ3) is 3.31. The van der Waals surface area contributed by atoms with E-state index in [1.165, 1.54) is 10.1 Å². The summed E-state index contributed by atoms with van der Waals surface area (Å²) in [5.41, 5.74) is 1.39. The van der Waals surface area contributed by atoms with Crippen LogP contribution in [0, 0.1) is 5.92 Å². The second-order valence-electron chi connectivity index (χ2n) is 7.45. The fourth-order valence-corrected chi connectivity index (χ4v) is 4.20. The molecule has 144 valence electrons. The molecule has 2 aromatic heterocycles.